The van der Waals surface area contributed by atoms with E-state index in [0.717, 1.165) is 12.1 Å². The number of hydrogen-bond donors (Lipinski definition) is 1. The monoisotopic (exact) mass is 202 g/mol. The van der Waals surface area contributed by atoms with Gasteiger partial charge in [0.05, 0.1) is 11.6 Å². The summed E-state index contributed by atoms with van der Waals surface area (Å²) in [6.07, 6.45) is 0. The molecular formula is C13H18N2. The number of rotatable bonds is 4. The van der Waals surface area contributed by atoms with Gasteiger partial charge in [-0.1, -0.05) is 26.0 Å². The predicted octanol–water partition coefficient (Wildman–Crippen LogP) is 2.69. The first-order chi connectivity index (χ1) is 7.13. The number of hydrogen-bond acceptors (Lipinski definition) is 2. The van der Waals surface area contributed by atoms with Crippen LogP contribution < -0.4 is 5.32 Å². The molecule has 0 aliphatic heterocycles. The van der Waals surface area contributed by atoms with E-state index in [1.165, 1.54) is 5.56 Å². The highest BCUT2D eigenvalue weighted by molar-refractivity contribution is 5.31. The fraction of sp³-hybridized carbons (Fsp3) is 0.462. The van der Waals surface area contributed by atoms with Gasteiger partial charge in [0.25, 0.3) is 0 Å². The molecule has 0 aliphatic rings. The van der Waals surface area contributed by atoms with Crippen LogP contribution in [0.2, 0.25) is 0 Å². The van der Waals surface area contributed by atoms with Crippen molar-refractivity contribution < 1.29 is 0 Å². The van der Waals surface area contributed by atoms with E-state index in [2.05, 4.69) is 32.2 Å². The van der Waals surface area contributed by atoms with E-state index in [9.17, 15) is 0 Å². The van der Waals surface area contributed by atoms with Crippen LogP contribution in [0.1, 0.15) is 31.9 Å². The van der Waals surface area contributed by atoms with Crippen molar-refractivity contribution in [3.63, 3.8) is 0 Å². The Morgan fingerprint density at radius 3 is 2.27 bits per heavy atom. The van der Waals surface area contributed by atoms with Gasteiger partial charge in [-0.25, -0.2) is 0 Å². The molecule has 1 rings (SSSR count). The van der Waals surface area contributed by atoms with Gasteiger partial charge in [-0.2, -0.15) is 5.26 Å². The molecule has 0 radical (unpaired) electrons. The lowest BCUT2D eigenvalue weighted by atomic mass is 10.1. The molecular weight excluding hydrogens is 184 g/mol. The third kappa shape index (κ3) is 3.73. The van der Waals surface area contributed by atoms with Gasteiger partial charge >= 0.3 is 0 Å². The summed E-state index contributed by atoms with van der Waals surface area (Å²) >= 11 is 0. The summed E-state index contributed by atoms with van der Waals surface area (Å²) in [6.45, 7) is 7.46. The molecule has 0 unspecified atom stereocenters. The second kappa shape index (κ2) is 5.53. The Morgan fingerprint density at radius 1 is 1.20 bits per heavy atom. The summed E-state index contributed by atoms with van der Waals surface area (Å²) in [5.74, 6) is 0.642. The van der Waals surface area contributed by atoms with Crippen molar-refractivity contribution in [2.75, 3.05) is 0 Å². The highest BCUT2D eigenvalue weighted by Crippen LogP contribution is 2.05. The predicted molar refractivity (Wildman–Crippen MR) is 62.3 cm³/mol. The second-order valence-electron chi connectivity index (χ2n) is 4.22. The Labute approximate surface area is 91.9 Å². The third-order valence-corrected chi connectivity index (χ3v) is 2.71. The van der Waals surface area contributed by atoms with Crippen molar-refractivity contribution >= 4 is 0 Å². The molecule has 0 amide bonds. The average Bonchev–Trinajstić information content (AvgIpc) is 2.26. The fourth-order valence-electron chi connectivity index (χ4n) is 1.21. The maximum Gasteiger partial charge on any atom is 0.0991 e. The van der Waals surface area contributed by atoms with E-state index in [4.69, 9.17) is 5.26 Å². The lowest BCUT2D eigenvalue weighted by molar-refractivity contribution is 0.426. The summed E-state index contributed by atoms with van der Waals surface area (Å²) in [6, 6.07) is 10.3. The molecule has 2 heteroatoms. The van der Waals surface area contributed by atoms with E-state index < -0.39 is 0 Å². The number of nitriles is 1. The van der Waals surface area contributed by atoms with Crippen LogP contribution in [0.4, 0.5) is 0 Å². The lowest BCUT2D eigenvalue weighted by Gasteiger charge is -2.17. The van der Waals surface area contributed by atoms with Crippen molar-refractivity contribution in [2.24, 2.45) is 5.92 Å². The van der Waals surface area contributed by atoms with Crippen LogP contribution in [0.5, 0.6) is 0 Å². The smallest absolute Gasteiger partial charge is 0.0991 e. The first kappa shape index (κ1) is 11.7. The van der Waals surface area contributed by atoms with Gasteiger partial charge in [-0.05, 0) is 30.5 Å². The van der Waals surface area contributed by atoms with E-state index >= 15 is 0 Å². The van der Waals surface area contributed by atoms with Crippen LogP contribution in [0.3, 0.4) is 0 Å². The summed E-state index contributed by atoms with van der Waals surface area (Å²) in [5, 5.41) is 12.1. The number of benzene rings is 1. The summed E-state index contributed by atoms with van der Waals surface area (Å²) < 4.78 is 0. The molecule has 0 aliphatic carbocycles. The Morgan fingerprint density at radius 2 is 1.80 bits per heavy atom. The normalized spacial score (nSPS) is 12.5. The highest BCUT2D eigenvalue weighted by Gasteiger charge is 2.05. The third-order valence-electron chi connectivity index (χ3n) is 2.71. The minimum absolute atomic E-state index is 0.514. The van der Waals surface area contributed by atoms with Crippen LogP contribution in [0, 0.1) is 17.2 Å². The van der Waals surface area contributed by atoms with Crippen LogP contribution in [0.15, 0.2) is 24.3 Å². The Hall–Kier alpha value is -1.33. The van der Waals surface area contributed by atoms with Crippen LogP contribution in [-0.4, -0.2) is 6.04 Å². The van der Waals surface area contributed by atoms with Crippen LogP contribution >= 0.6 is 0 Å². The molecule has 0 saturated carbocycles. The molecule has 80 valence electrons. The Kier molecular flexibility index (Phi) is 4.33. The largest absolute Gasteiger partial charge is 0.310 e. The molecule has 1 N–H and O–H groups in total. The maximum absolute atomic E-state index is 8.65. The molecule has 0 saturated heterocycles. The Balaban J connectivity index is 2.48. The van der Waals surface area contributed by atoms with Gasteiger partial charge in [-0.3, -0.25) is 0 Å². The summed E-state index contributed by atoms with van der Waals surface area (Å²) in [5.41, 5.74) is 1.94. The van der Waals surface area contributed by atoms with Gasteiger partial charge in [0.2, 0.25) is 0 Å². The summed E-state index contributed by atoms with van der Waals surface area (Å²) in [4.78, 5) is 0. The molecule has 0 aromatic heterocycles. The van der Waals surface area contributed by atoms with Crippen molar-refractivity contribution in [1.29, 1.82) is 5.26 Å². The number of nitrogens with one attached hydrogen (secondary N) is 1. The van der Waals surface area contributed by atoms with Gasteiger partial charge < -0.3 is 5.32 Å². The molecule has 15 heavy (non-hydrogen) atoms. The van der Waals surface area contributed by atoms with Crippen LogP contribution in [-0.2, 0) is 6.54 Å². The molecule has 2 nitrogen and oxygen atoms in total. The zero-order valence-corrected chi connectivity index (χ0v) is 9.62. The summed E-state index contributed by atoms with van der Waals surface area (Å²) in [7, 11) is 0. The minimum Gasteiger partial charge on any atom is -0.310 e. The van der Waals surface area contributed by atoms with Crippen molar-refractivity contribution in [2.45, 2.75) is 33.4 Å². The zero-order chi connectivity index (χ0) is 11.3. The molecule has 0 spiro atoms. The highest BCUT2D eigenvalue weighted by atomic mass is 14.9. The topological polar surface area (TPSA) is 35.8 Å². The first-order valence-corrected chi connectivity index (χ1v) is 5.36. The van der Waals surface area contributed by atoms with Gasteiger partial charge in [0, 0.05) is 12.6 Å². The lowest BCUT2D eigenvalue weighted by Crippen LogP contribution is -2.30. The SMILES string of the molecule is CC(C)[C@H](C)NCc1ccc(C#N)cc1. The van der Waals surface area contributed by atoms with E-state index in [1.54, 1.807) is 0 Å². The van der Waals surface area contributed by atoms with Crippen molar-refractivity contribution in [3.8, 4) is 6.07 Å². The zero-order valence-electron chi connectivity index (χ0n) is 9.62. The fourth-order valence-corrected chi connectivity index (χ4v) is 1.21. The van der Waals surface area contributed by atoms with Crippen LogP contribution in [0.25, 0.3) is 0 Å². The van der Waals surface area contributed by atoms with Gasteiger partial charge in [0.1, 0.15) is 0 Å². The standard InChI is InChI=1S/C13H18N2/c1-10(2)11(3)15-9-13-6-4-12(8-14)5-7-13/h4-7,10-11,15H,9H2,1-3H3/t11-/m0/s1. The first-order valence-electron chi connectivity index (χ1n) is 5.36. The maximum atomic E-state index is 8.65. The molecule has 1 atom stereocenters. The van der Waals surface area contributed by atoms with Gasteiger partial charge in [0.15, 0.2) is 0 Å². The molecule has 1 aromatic carbocycles. The van der Waals surface area contributed by atoms with E-state index in [-0.39, 0.29) is 0 Å². The molecule has 0 heterocycles. The van der Waals surface area contributed by atoms with E-state index in [0.29, 0.717) is 12.0 Å². The number of nitrogens with zero attached hydrogens (tertiary/aromatic N) is 1. The molecule has 0 fully saturated rings. The minimum atomic E-state index is 0.514. The quantitative estimate of drug-likeness (QED) is 0.814. The average molecular weight is 202 g/mol. The second-order valence-corrected chi connectivity index (χ2v) is 4.22. The molecule has 0 bridgehead atoms. The van der Waals surface area contributed by atoms with Gasteiger partial charge in [-0.15, -0.1) is 0 Å². The van der Waals surface area contributed by atoms with Crippen molar-refractivity contribution in [1.82, 2.24) is 5.32 Å². The van der Waals surface area contributed by atoms with E-state index in [1.807, 2.05) is 24.3 Å². The Bertz CT molecular complexity index is 333. The van der Waals surface area contributed by atoms with Crippen molar-refractivity contribution in [3.05, 3.63) is 35.4 Å². The molecule has 1 aromatic rings.